The van der Waals surface area contributed by atoms with Crippen LogP contribution in [0.4, 0.5) is 5.69 Å². The molecule has 4 fully saturated rings. The van der Waals surface area contributed by atoms with Crippen LogP contribution in [0.3, 0.4) is 0 Å². The van der Waals surface area contributed by atoms with Gasteiger partial charge in [0.1, 0.15) is 5.75 Å². The number of nitrogens with one attached hydrogen (secondary N) is 2. The Morgan fingerprint density at radius 3 is 2.52 bits per heavy atom. The van der Waals surface area contributed by atoms with Crippen LogP contribution in [0.5, 0.6) is 5.75 Å². The summed E-state index contributed by atoms with van der Waals surface area (Å²) in [4.78, 5) is 33.5. The van der Waals surface area contributed by atoms with Gasteiger partial charge in [-0.3, -0.25) is 14.7 Å². The number of hydrogen-bond donors (Lipinski definition) is 2. The average Bonchev–Trinajstić information content (AvgIpc) is 3.98. The first kappa shape index (κ1) is 27.0. The molecule has 2 aliphatic carbocycles. The molecule has 3 aromatic rings. The van der Waals surface area contributed by atoms with E-state index in [1.165, 1.54) is 0 Å². The summed E-state index contributed by atoms with van der Waals surface area (Å²) in [5.41, 5.74) is 3.68. The summed E-state index contributed by atoms with van der Waals surface area (Å²) in [7, 11) is 0. The Labute approximate surface area is 247 Å². The number of piperidine rings is 1. The van der Waals surface area contributed by atoms with Gasteiger partial charge < -0.3 is 24.8 Å². The summed E-state index contributed by atoms with van der Waals surface area (Å²) < 4.78 is 6.39. The Balaban J connectivity index is 1.00. The third-order valence-electron chi connectivity index (χ3n) is 9.17. The molecular formula is C33H40N6O3. The number of anilines is 1. The monoisotopic (exact) mass is 568 g/mol. The van der Waals surface area contributed by atoms with E-state index in [0.717, 1.165) is 99.4 Å². The zero-order valence-corrected chi connectivity index (χ0v) is 24.1. The molecular weight excluding hydrogens is 528 g/mol. The van der Waals surface area contributed by atoms with E-state index in [1.54, 1.807) is 0 Å². The van der Waals surface area contributed by atoms with E-state index < -0.39 is 5.60 Å². The van der Waals surface area contributed by atoms with Crippen LogP contribution in [-0.2, 0) is 16.1 Å². The van der Waals surface area contributed by atoms with Crippen LogP contribution in [0.2, 0.25) is 0 Å². The van der Waals surface area contributed by atoms with E-state index in [1.807, 2.05) is 29.4 Å². The van der Waals surface area contributed by atoms with Crippen molar-refractivity contribution in [3.05, 3.63) is 66.5 Å². The predicted molar refractivity (Wildman–Crippen MR) is 161 cm³/mol. The molecule has 220 valence electrons. The van der Waals surface area contributed by atoms with Crippen molar-refractivity contribution in [2.75, 3.05) is 44.2 Å². The smallest absolute Gasteiger partial charge is 0.266 e. The standard InChI is InChI=1S/C33H40N6O3/c40-31(39(28-10-11-28)22-24-6-8-25(9-7-24)27-20-35-36-21-27)26-3-2-16-38(23-26)29-4-1-5-30(19-29)42-33(12-13-33)32(41)37-17-14-34-15-18-37/h1,4-9,19-21,26,28,34H,2-3,10-18,22-23H2,(H,35,36)/t26-/m1/s1. The number of rotatable bonds is 9. The van der Waals surface area contributed by atoms with Gasteiger partial charge in [0.25, 0.3) is 5.91 Å². The average molecular weight is 569 g/mol. The molecule has 1 aromatic heterocycles. The van der Waals surface area contributed by atoms with Gasteiger partial charge in [0, 0.05) is 88.2 Å². The number of ether oxygens (including phenoxy) is 1. The molecule has 2 amide bonds. The number of piperazine rings is 1. The first-order valence-corrected chi connectivity index (χ1v) is 15.5. The minimum Gasteiger partial charge on any atom is -0.477 e. The van der Waals surface area contributed by atoms with Crippen LogP contribution in [0.25, 0.3) is 11.1 Å². The van der Waals surface area contributed by atoms with Crippen molar-refractivity contribution < 1.29 is 14.3 Å². The molecule has 0 bridgehead atoms. The van der Waals surface area contributed by atoms with Crippen LogP contribution >= 0.6 is 0 Å². The molecule has 2 saturated carbocycles. The fourth-order valence-electron chi connectivity index (χ4n) is 6.43. The predicted octanol–water partition coefficient (Wildman–Crippen LogP) is 3.83. The quantitative estimate of drug-likeness (QED) is 0.408. The molecule has 3 heterocycles. The van der Waals surface area contributed by atoms with Crippen LogP contribution in [0, 0.1) is 5.92 Å². The highest BCUT2D eigenvalue weighted by atomic mass is 16.5. The lowest BCUT2D eigenvalue weighted by Gasteiger charge is -2.36. The summed E-state index contributed by atoms with van der Waals surface area (Å²) in [5.74, 6) is 1.10. The van der Waals surface area contributed by atoms with Gasteiger partial charge in [-0.15, -0.1) is 0 Å². The second-order valence-electron chi connectivity index (χ2n) is 12.3. The Hall–Kier alpha value is -3.85. The zero-order valence-electron chi connectivity index (χ0n) is 24.1. The number of nitrogens with zero attached hydrogens (tertiary/aromatic N) is 4. The van der Waals surface area contributed by atoms with Crippen molar-refractivity contribution in [1.29, 1.82) is 0 Å². The van der Waals surface area contributed by atoms with Crippen LogP contribution in [0.15, 0.2) is 60.9 Å². The van der Waals surface area contributed by atoms with E-state index in [-0.39, 0.29) is 17.7 Å². The summed E-state index contributed by atoms with van der Waals surface area (Å²) in [6.07, 6.45) is 9.31. The molecule has 2 N–H and O–H groups in total. The fraction of sp³-hybridized carbons (Fsp3) is 0.485. The number of aromatic amines is 1. The summed E-state index contributed by atoms with van der Waals surface area (Å²) in [6.45, 7) is 5.42. The third kappa shape index (κ3) is 5.75. The van der Waals surface area contributed by atoms with Crippen LogP contribution in [0.1, 0.15) is 44.1 Å². The second kappa shape index (κ2) is 11.4. The summed E-state index contributed by atoms with van der Waals surface area (Å²) in [6, 6.07) is 16.9. The third-order valence-corrected chi connectivity index (χ3v) is 9.17. The lowest BCUT2D eigenvalue weighted by molar-refractivity contribution is -0.141. The number of H-pyrrole nitrogens is 1. The maximum atomic E-state index is 13.9. The molecule has 9 nitrogen and oxygen atoms in total. The largest absolute Gasteiger partial charge is 0.477 e. The maximum absolute atomic E-state index is 13.9. The molecule has 42 heavy (non-hydrogen) atoms. The van der Waals surface area contributed by atoms with Crippen LogP contribution in [-0.4, -0.2) is 82.7 Å². The van der Waals surface area contributed by atoms with E-state index in [0.29, 0.717) is 19.1 Å². The Kier molecular flexibility index (Phi) is 7.36. The van der Waals surface area contributed by atoms with Gasteiger partial charge in [0.15, 0.2) is 5.60 Å². The van der Waals surface area contributed by atoms with Gasteiger partial charge in [-0.05, 0) is 48.9 Å². The van der Waals surface area contributed by atoms with Crippen molar-refractivity contribution in [2.45, 2.75) is 56.7 Å². The minimum absolute atomic E-state index is 0.0295. The van der Waals surface area contributed by atoms with Gasteiger partial charge in [-0.2, -0.15) is 5.10 Å². The topological polar surface area (TPSA) is 93.8 Å². The number of carbonyl (C=O) groups excluding carboxylic acids is 2. The van der Waals surface area contributed by atoms with Crippen molar-refractivity contribution in [2.24, 2.45) is 5.92 Å². The highest BCUT2D eigenvalue weighted by Crippen LogP contribution is 2.43. The SMILES string of the molecule is O=C([C@@H]1CCCN(c2cccc(OC3(C(=O)N4CCNCC4)CC3)c2)C1)N(Cc1ccc(-c2cn[nH]c2)cc1)C1CC1. The molecule has 2 aliphatic heterocycles. The molecule has 1 atom stereocenters. The van der Waals surface area contributed by atoms with Gasteiger partial charge >= 0.3 is 0 Å². The van der Waals surface area contributed by atoms with Crippen molar-refractivity contribution >= 4 is 17.5 Å². The van der Waals surface area contributed by atoms with Crippen molar-refractivity contribution in [1.82, 2.24) is 25.3 Å². The minimum atomic E-state index is -0.710. The molecule has 4 aliphatic rings. The number of carbonyl (C=O) groups is 2. The first-order valence-electron chi connectivity index (χ1n) is 15.5. The lowest BCUT2D eigenvalue weighted by Crippen LogP contribution is -2.52. The highest BCUT2D eigenvalue weighted by molar-refractivity contribution is 5.88. The Morgan fingerprint density at radius 1 is 1.00 bits per heavy atom. The summed E-state index contributed by atoms with van der Waals surface area (Å²) >= 11 is 0. The van der Waals surface area contributed by atoms with Crippen molar-refractivity contribution in [3.63, 3.8) is 0 Å². The second-order valence-corrected chi connectivity index (χ2v) is 12.3. The van der Waals surface area contributed by atoms with Crippen LogP contribution < -0.4 is 15.0 Å². The van der Waals surface area contributed by atoms with E-state index in [9.17, 15) is 9.59 Å². The van der Waals surface area contributed by atoms with E-state index in [4.69, 9.17) is 4.74 Å². The van der Waals surface area contributed by atoms with Gasteiger partial charge in [-0.1, -0.05) is 30.3 Å². The summed E-state index contributed by atoms with van der Waals surface area (Å²) in [5, 5.41) is 10.2. The molecule has 0 radical (unpaired) electrons. The molecule has 2 aromatic carbocycles. The zero-order chi connectivity index (χ0) is 28.5. The van der Waals surface area contributed by atoms with Gasteiger partial charge in [-0.25, -0.2) is 0 Å². The van der Waals surface area contributed by atoms with E-state index in [2.05, 4.69) is 61.7 Å². The Morgan fingerprint density at radius 2 is 1.81 bits per heavy atom. The van der Waals surface area contributed by atoms with Gasteiger partial charge in [0.2, 0.25) is 5.91 Å². The molecule has 0 unspecified atom stereocenters. The number of amides is 2. The molecule has 0 spiro atoms. The van der Waals surface area contributed by atoms with Crippen molar-refractivity contribution in [3.8, 4) is 16.9 Å². The van der Waals surface area contributed by atoms with Gasteiger partial charge in [0.05, 0.1) is 12.1 Å². The Bertz CT molecular complexity index is 1390. The molecule has 7 rings (SSSR count). The fourth-order valence-corrected chi connectivity index (χ4v) is 6.43. The highest BCUT2D eigenvalue weighted by Gasteiger charge is 2.55. The number of aromatic nitrogens is 2. The molecule has 9 heteroatoms. The maximum Gasteiger partial charge on any atom is 0.266 e. The van der Waals surface area contributed by atoms with E-state index >= 15 is 0 Å². The number of hydrogen-bond acceptors (Lipinski definition) is 6. The lowest BCUT2D eigenvalue weighted by atomic mass is 9.95. The normalized spacial score (nSPS) is 21.6. The first-order chi connectivity index (χ1) is 20.6. The molecule has 2 saturated heterocycles. The number of benzene rings is 2.